The van der Waals surface area contributed by atoms with Crippen LogP contribution >= 0.6 is 0 Å². The lowest BCUT2D eigenvalue weighted by molar-refractivity contribution is 0.285. The van der Waals surface area contributed by atoms with E-state index in [2.05, 4.69) is 6.92 Å². The average molecular weight is 256 g/mol. The molecule has 0 heterocycles. The Hall–Kier alpha value is -1.12. The highest BCUT2D eigenvalue weighted by molar-refractivity contribution is 5.31. The highest BCUT2D eigenvalue weighted by Gasteiger charge is 2.21. The van der Waals surface area contributed by atoms with Gasteiger partial charge in [-0.2, -0.15) is 4.39 Å². The summed E-state index contributed by atoms with van der Waals surface area (Å²) in [4.78, 5) is 0. The van der Waals surface area contributed by atoms with Crippen LogP contribution in [-0.4, -0.2) is 7.11 Å². The first kappa shape index (κ1) is 13.3. The summed E-state index contributed by atoms with van der Waals surface area (Å²) in [6.45, 7) is 2.25. The third-order valence-electron chi connectivity index (χ3n) is 3.99. The fraction of sp³-hybridized carbons (Fsp3) is 0.600. The van der Waals surface area contributed by atoms with Crippen molar-refractivity contribution >= 4 is 0 Å². The van der Waals surface area contributed by atoms with Crippen molar-refractivity contribution in [1.29, 1.82) is 0 Å². The van der Waals surface area contributed by atoms with Crippen LogP contribution in [0.15, 0.2) is 12.1 Å². The lowest BCUT2D eigenvalue weighted by atomic mass is 9.80. The van der Waals surface area contributed by atoms with Gasteiger partial charge in [-0.15, -0.1) is 0 Å². The maximum atomic E-state index is 13.8. The second-order valence-corrected chi connectivity index (χ2v) is 5.38. The molecule has 0 aromatic heterocycles. The topological polar surface area (TPSA) is 9.23 Å². The van der Waals surface area contributed by atoms with Crippen LogP contribution in [0, 0.1) is 23.5 Å². The quantitative estimate of drug-likeness (QED) is 0.768. The predicted octanol–water partition coefficient (Wildman–Crippen LogP) is 4.59. The second kappa shape index (κ2) is 5.68. The van der Waals surface area contributed by atoms with Crippen LogP contribution in [0.3, 0.4) is 0 Å². The van der Waals surface area contributed by atoms with Gasteiger partial charge in [-0.05, 0) is 42.7 Å². The molecule has 1 fully saturated rings. The zero-order chi connectivity index (χ0) is 13.1. The summed E-state index contributed by atoms with van der Waals surface area (Å²) in [6.07, 6.45) is 5.28. The number of halogens is 2. The molecule has 0 aliphatic heterocycles. The normalized spacial score (nSPS) is 24.0. The van der Waals surface area contributed by atoms with E-state index in [9.17, 15) is 8.78 Å². The van der Waals surface area contributed by atoms with Gasteiger partial charge < -0.3 is 4.74 Å². The first-order chi connectivity index (χ1) is 8.61. The van der Waals surface area contributed by atoms with E-state index in [0.717, 1.165) is 18.8 Å². The molecule has 0 amide bonds. The van der Waals surface area contributed by atoms with Gasteiger partial charge in [-0.3, -0.25) is 0 Å². The van der Waals surface area contributed by atoms with Crippen LogP contribution < -0.4 is 4.74 Å². The average Bonchev–Trinajstić information content (AvgIpc) is 2.38. The molecule has 0 N–H and O–H groups in total. The standard InChI is InChI=1S/C15H20F2O.H2/c1-10-3-5-11(6-4-10)9-12-7-8-13(18-2)15(17)14(12)16;/h7-8,10-11H,3-6,9H2,1-2H3;1H. The van der Waals surface area contributed by atoms with Gasteiger partial charge in [-0.1, -0.05) is 25.8 Å². The molecule has 0 spiro atoms. The van der Waals surface area contributed by atoms with Gasteiger partial charge in [0.1, 0.15) is 0 Å². The van der Waals surface area contributed by atoms with Crippen LogP contribution in [0.4, 0.5) is 8.78 Å². The van der Waals surface area contributed by atoms with Crippen molar-refractivity contribution in [2.24, 2.45) is 11.8 Å². The molecule has 3 heteroatoms. The summed E-state index contributed by atoms with van der Waals surface area (Å²) >= 11 is 0. The van der Waals surface area contributed by atoms with E-state index in [-0.39, 0.29) is 7.18 Å². The largest absolute Gasteiger partial charge is 0.494 e. The van der Waals surface area contributed by atoms with Crippen molar-refractivity contribution in [2.75, 3.05) is 7.11 Å². The van der Waals surface area contributed by atoms with Crippen molar-refractivity contribution in [1.82, 2.24) is 0 Å². The Labute approximate surface area is 109 Å². The Bertz CT molecular complexity index is 415. The molecule has 102 valence electrons. The summed E-state index contributed by atoms with van der Waals surface area (Å²) in [6, 6.07) is 3.16. The summed E-state index contributed by atoms with van der Waals surface area (Å²) in [5.41, 5.74) is 0.479. The van der Waals surface area contributed by atoms with E-state index in [1.807, 2.05) is 0 Å². The van der Waals surface area contributed by atoms with Gasteiger partial charge in [0.25, 0.3) is 0 Å². The van der Waals surface area contributed by atoms with Crippen LogP contribution in [0.25, 0.3) is 0 Å². The van der Waals surface area contributed by atoms with E-state index in [1.54, 1.807) is 6.07 Å². The molecule has 0 bridgehead atoms. The predicted molar refractivity (Wildman–Crippen MR) is 69.9 cm³/mol. The molecule has 1 aliphatic carbocycles. The first-order valence-corrected chi connectivity index (χ1v) is 6.62. The van der Waals surface area contributed by atoms with Gasteiger partial charge in [-0.25, -0.2) is 4.39 Å². The van der Waals surface area contributed by atoms with Gasteiger partial charge in [0.05, 0.1) is 7.11 Å². The zero-order valence-corrected chi connectivity index (χ0v) is 11.0. The SMILES string of the molecule is COc1ccc(CC2CCC(C)CC2)c(F)c1F.[HH]. The maximum absolute atomic E-state index is 13.8. The number of ether oxygens (including phenoxy) is 1. The van der Waals surface area contributed by atoms with E-state index < -0.39 is 11.6 Å². The van der Waals surface area contributed by atoms with Crippen LogP contribution in [0.2, 0.25) is 0 Å². The van der Waals surface area contributed by atoms with E-state index in [0.29, 0.717) is 17.9 Å². The minimum absolute atomic E-state index is 0. The van der Waals surface area contributed by atoms with E-state index in [4.69, 9.17) is 4.74 Å². The fourth-order valence-corrected chi connectivity index (χ4v) is 2.73. The third kappa shape index (κ3) is 2.82. The minimum Gasteiger partial charge on any atom is -0.494 e. The first-order valence-electron chi connectivity index (χ1n) is 6.62. The summed E-state index contributed by atoms with van der Waals surface area (Å²) in [5.74, 6) is -0.358. The molecule has 0 saturated heterocycles. The molecule has 1 nitrogen and oxygen atoms in total. The third-order valence-corrected chi connectivity index (χ3v) is 3.99. The molecule has 1 aliphatic rings. The number of methoxy groups -OCH3 is 1. The number of benzene rings is 1. The van der Waals surface area contributed by atoms with Crippen molar-refractivity contribution in [2.45, 2.75) is 39.0 Å². The molecule has 0 radical (unpaired) electrons. The van der Waals surface area contributed by atoms with Gasteiger partial charge in [0, 0.05) is 1.43 Å². The zero-order valence-electron chi connectivity index (χ0n) is 11.0. The molecular formula is C15H22F2O. The molecule has 18 heavy (non-hydrogen) atoms. The van der Waals surface area contributed by atoms with Gasteiger partial charge in [0.15, 0.2) is 11.6 Å². The Morgan fingerprint density at radius 2 is 1.83 bits per heavy atom. The highest BCUT2D eigenvalue weighted by atomic mass is 19.2. The Morgan fingerprint density at radius 1 is 1.17 bits per heavy atom. The Morgan fingerprint density at radius 3 is 2.44 bits per heavy atom. The lowest BCUT2D eigenvalue weighted by Gasteiger charge is -2.26. The molecule has 1 saturated carbocycles. The molecule has 0 unspecified atom stereocenters. The lowest BCUT2D eigenvalue weighted by Crippen LogP contribution is -2.15. The molecule has 1 aromatic rings. The number of hydrogen-bond acceptors (Lipinski definition) is 1. The van der Waals surface area contributed by atoms with Gasteiger partial charge in [0.2, 0.25) is 5.82 Å². The summed E-state index contributed by atoms with van der Waals surface area (Å²) in [7, 11) is 1.35. The fourth-order valence-electron chi connectivity index (χ4n) is 2.73. The van der Waals surface area contributed by atoms with Crippen molar-refractivity contribution in [3.63, 3.8) is 0 Å². The Kier molecular flexibility index (Phi) is 4.20. The van der Waals surface area contributed by atoms with Crippen molar-refractivity contribution in [3.05, 3.63) is 29.3 Å². The highest BCUT2D eigenvalue weighted by Crippen LogP contribution is 2.32. The van der Waals surface area contributed by atoms with Crippen LogP contribution in [-0.2, 0) is 6.42 Å². The number of rotatable bonds is 3. The minimum atomic E-state index is -0.862. The van der Waals surface area contributed by atoms with Crippen LogP contribution in [0.5, 0.6) is 5.75 Å². The summed E-state index contributed by atoms with van der Waals surface area (Å²) < 4.78 is 32.2. The van der Waals surface area contributed by atoms with E-state index in [1.165, 1.54) is 26.0 Å². The summed E-state index contributed by atoms with van der Waals surface area (Å²) in [5, 5.41) is 0. The monoisotopic (exact) mass is 256 g/mol. The Balaban J connectivity index is 0.00000180. The molecular weight excluding hydrogens is 234 g/mol. The molecule has 1 aromatic carbocycles. The van der Waals surface area contributed by atoms with Crippen molar-refractivity contribution < 1.29 is 14.9 Å². The number of hydrogen-bond donors (Lipinski definition) is 0. The van der Waals surface area contributed by atoms with Crippen molar-refractivity contribution in [3.8, 4) is 5.75 Å². The van der Waals surface area contributed by atoms with Gasteiger partial charge >= 0.3 is 0 Å². The van der Waals surface area contributed by atoms with E-state index >= 15 is 0 Å². The smallest absolute Gasteiger partial charge is 0.200 e. The second-order valence-electron chi connectivity index (χ2n) is 5.38. The molecule has 2 rings (SSSR count). The van der Waals surface area contributed by atoms with Crippen LogP contribution in [0.1, 0.15) is 39.6 Å². The maximum Gasteiger partial charge on any atom is 0.200 e. The molecule has 0 atom stereocenters.